The van der Waals surface area contributed by atoms with E-state index in [2.05, 4.69) is 24.0 Å². The minimum absolute atomic E-state index is 0.324. The second-order valence-corrected chi connectivity index (χ2v) is 6.91. The van der Waals surface area contributed by atoms with Gasteiger partial charge in [0.2, 0.25) is 0 Å². The van der Waals surface area contributed by atoms with Crippen molar-refractivity contribution in [2.24, 2.45) is 0 Å². The van der Waals surface area contributed by atoms with Crippen LogP contribution in [0.2, 0.25) is 0 Å². The van der Waals surface area contributed by atoms with Crippen LogP contribution in [0.15, 0.2) is 22.6 Å². The maximum absolute atomic E-state index is 10.1. The van der Waals surface area contributed by atoms with E-state index in [-0.39, 0.29) is 0 Å². The van der Waals surface area contributed by atoms with Crippen molar-refractivity contribution in [2.45, 2.75) is 45.2 Å². The lowest BCUT2D eigenvalue weighted by Gasteiger charge is -2.39. The third-order valence-corrected chi connectivity index (χ3v) is 5.47. The first kappa shape index (κ1) is 15.1. The van der Waals surface area contributed by atoms with Crippen LogP contribution >= 0.6 is 11.6 Å². The molecule has 0 bridgehead atoms. The van der Waals surface area contributed by atoms with Crippen LogP contribution < -0.4 is 0 Å². The van der Waals surface area contributed by atoms with Gasteiger partial charge in [-0.25, -0.2) is 0 Å². The number of alkyl halides is 1. The highest BCUT2D eigenvalue weighted by Gasteiger charge is 2.35. The molecule has 4 rings (SSSR count). The Morgan fingerprint density at radius 3 is 3.00 bits per heavy atom. The molecule has 122 valence electrons. The van der Waals surface area contributed by atoms with E-state index in [4.69, 9.17) is 16.0 Å². The zero-order valence-corrected chi connectivity index (χ0v) is 14.2. The molecule has 1 N–H and O–H groups in total. The summed E-state index contributed by atoms with van der Waals surface area (Å²) < 4.78 is 6.14. The van der Waals surface area contributed by atoms with Crippen molar-refractivity contribution in [3.63, 3.8) is 0 Å². The highest BCUT2D eigenvalue weighted by atomic mass is 35.5. The Labute approximate surface area is 141 Å². The van der Waals surface area contributed by atoms with Gasteiger partial charge in [-0.1, -0.05) is 13.0 Å². The molecule has 23 heavy (non-hydrogen) atoms. The van der Waals surface area contributed by atoms with E-state index in [1.54, 1.807) is 0 Å². The van der Waals surface area contributed by atoms with E-state index in [0.717, 1.165) is 55.9 Å². The molecule has 3 heterocycles. The van der Waals surface area contributed by atoms with Gasteiger partial charge in [-0.3, -0.25) is 4.90 Å². The van der Waals surface area contributed by atoms with Gasteiger partial charge in [-0.05, 0) is 53.6 Å². The first-order valence-electron chi connectivity index (χ1n) is 8.45. The molecule has 1 atom stereocenters. The van der Waals surface area contributed by atoms with Crippen LogP contribution in [0.3, 0.4) is 0 Å². The summed E-state index contributed by atoms with van der Waals surface area (Å²) in [5, 5.41) is 10.1. The van der Waals surface area contributed by atoms with Gasteiger partial charge in [0.25, 0.3) is 0 Å². The number of phenols is 1. The normalized spacial score (nSPS) is 20.0. The average Bonchev–Trinajstić information content (AvgIpc) is 2.96. The fourth-order valence-corrected chi connectivity index (χ4v) is 4.30. The van der Waals surface area contributed by atoms with Crippen LogP contribution in [0, 0.1) is 0 Å². The molecule has 0 saturated carbocycles. The number of hydrogen-bond donors (Lipinski definition) is 1. The summed E-state index contributed by atoms with van der Waals surface area (Å²) in [6, 6.07) is 6.44. The average molecular weight is 332 g/mol. The standard InChI is InChI=1S/C19H22ClNO2/c1-2-15-16-11-21-8-6-13-9-14(5-7-20)23-19(13)17(21)10-12(16)3-4-18(15)22/h3-4,9,17,22H,2,5-8,10-11H2,1H3. The number of halogens is 1. The number of phenolic OH excluding ortho intramolecular Hbond substituents is 1. The second kappa shape index (κ2) is 5.88. The molecule has 4 heteroatoms. The highest BCUT2D eigenvalue weighted by molar-refractivity contribution is 6.17. The maximum atomic E-state index is 10.1. The Balaban J connectivity index is 1.72. The molecule has 3 nitrogen and oxygen atoms in total. The summed E-state index contributed by atoms with van der Waals surface area (Å²) in [6.07, 6.45) is 3.67. The van der Waals surface area contributed by atoms with Gasteiger partial charge in [0.05, 0.1) is 6.04 Å². The van der Waals surface area contributed by atoms with Gasteiger partial charge >= 0.3 is 0 Å². The Morgan fingerprint density at radius 2 is 2.22 bits per heavy atom. The molecular formula is C19H22ClNO2. The Bertz CT molecular complexity index is 737. The minimum Gasteiger partial charge on any atom is -0.508 e. The van der Waals surface area contributed by atoms with Crippen molar-refractivity contribution in [3.05, 3.63) is 52.0 Å². The zero-order valence-electron chi connectivity index (χ0n) is 13.4. The van der Waals surface area contributed by atoms with E-state index in [1.165, 1.54) is 16.7 Å². The summed E-state index contributed by atoms with van der Waals surface area (Å²) >= 11 is 5.86. The summed E-state index contributed by atoms with van der Waals surface area (Å²) in [7, 11) is 0. The number of rotatable bonds is 3. The topological polar surface area (TPSA) is 36.6 Å². The van der Waals surface area contributed by atoms with Crippen LogP contribution in [0.5, 0.6) is 5.75 Å². The van der Waals surface area contributed by atoms with E-state index in [0.29, 0.717) is 17.7 Å². The number of hydrogen-bond acceptors (Lipinski definition) is 3. The molecule has 1 unspecified atom stereocenters. The first-order valence-corrected chi connectivity index (χ1v) is 8.98. The largest absolute Gasteiger partial charge is 0.508 e. The number of aromatic hydroxyl groups is 1. The van der Waals surface area contributed by atoms with Gasteiger partial charge < -0.3 is 9.52 Å². The number of benzene rings is 1. The molecule has 1 aromatic heterocycles. The molecule has 2 aromatic rings. The maximum Gasteiger partial charge on any atom is 0.124 e. The number of nitrogens with zero attached hydrogens (tertiary/aromatic N) is 1. The molecule has 0 radical (unpaired) electrons. The Morgan fingerprint density at radius 1 is 1.35 bits per heavy atom. The third-order valence-electron chi connectivity index (χ3n) is 5.28. The van der Waals surface area contributed by atoms with Crippen molar-refractivity contribution in [1.29, 1.82) is 0 Å². The molecule has 2 aliphatic heterocycles. The van der Waals surface area contributed by atoms with Crippen molar-refractivity contribution in [3.8, 4) is 5.75 Å². The van der Waals surface area contributed by atoms with Gasteiger partial charge in [0.15, 0.2) is 0 Å². The quantitative estimate of drug-likeness (QED) is 0.864. The van der Waals surface area contributed by atoms with Crippen molar-refractivity contribution in [1.82, 2.24) is 4.90 Å². The first-order chi connectivity index (χ1) is 11.2. The lowest BCUT2D eigenvalue weighted by molar-refractivity contribution is 0.136. The fourth-order valence-electron chi connectivity index (χ4n) is 4.12. The van der Waals surface area contributed by atoms with Crippen molar-refractivity contribution in [2.75, 3.05) is 12.4 Å². The van der Waals surface area contributed by atoms with Gasteiger partial charge in [-0.2, -0.15) is 0 Å². The van der Waals surface area contributed by atoms with Crippen LogP contribution in [-0.4, -0.2) is 22.4 Å². The molecule has 0 saturated heterocycles. The summed E-state index contributed by atoms with van der Waals surface area (Å²) in [5.74, 6) is 3.18. The van der Waals surface area contributed by atoms with Crippen LogP contribution in [0.4, 0.5) is 0 Å². The van der Waals surface area contributed by atoms with E-state index < -0.39 is 0 Å². The molecule has 0 aliphatic carbocycles. The molecule has 1 aromatic carbocycles. The summed E-state index contributed by atoms with van der Waals surface area (Å²) in [6.45, 7) is 4.07. The summed E-state index contributed by atoms with van der Waals surface area (Å²) in [5.41, 5.74) is 5.13. The van der Waals surface area contributed by atoms with Gasteiger partial charge in [0.1, 0.15) is 17.3 Å². The van der Waals surface area contributed by atoms with Crippen LogP contribution in [0.25, 0.3) is 0 Å². The van der Waals surface area contributed by atoms with Crippen LogP contribution in [0.1, 0.15) is 46.7 Å². The minimum atomic E-state index is 0.324. The molecule has 0 spiro atoms. The summed E-state index contributed by atoms with van der Waals surface area (Å²) in [4.78, 5) is 2.50. The fraction of sp³-hybridized carbons (Fsp3) is 0.474. The highest BCUT2D eigenvalue weighted by Crippen LogP contribution is 2.41. The van der Waals surface area contributed by atoms with Crippen LogP contribution in [-0.2, 0) is 32.2 Å². The second-order valence-electron chi connectivity index (χ2n) is 6.54. The van der Waals surface area contributed by atoms with Gasteiger partial charge in [0, 0.05) is 25.4 Å². The predicted octanol–water partition coefficient (Wildman–Crippen LogP) is 3.98. The smallest absolute Gasteiger partial charge is 0.124 e. The molecule has 0 amide bonds. The van der Waals surface area contributed by atoms with Crippen molar-refractivity contribution >= 4 is 11.6 Å². The van der Waals surface area contributed by atoms with E-state index >= 15 is 0 Å². The Hall–Kier alpha value is -1.45. The SMILES string of the molecule is CCc1c(O)ccc2c1CN1CCc3cc(CCCl)oc3C1C2. The lowest BCUT2D eigenvalue weighted by atomic mass is 9.85. The number of fused-ring (bicyclic) bond motifs is 4. The van der Waals surface area contributed by atoms with Gasteiger partial charge in [-0.15, -0.1) is 11.6 Å². The molecular weight excluding hydrogens is 310 g/mol. The van der Waals surface area contributed by atoms with E-state index in [9.17, 15) is 5.11 Å². The molecule has 2 aliphatic rings. The zero-order chi connectivity index (χ0) is 16.0. The molecule has 0 fully saturated rings. The third kappa shape index (κ3) is 2.47. The predicted molar refractivity (Wildman–Crippen MR) is 91.2 cm³/mol. The number of aryl methyl sites for hydroxylation is 1. The Kier molecular flexibility index (Phi) is 3.86. The van der Waals surface area contributed by atoms with E-state index in [1.807, 2.05) is 6.07 Å². The van der Waals surface area contributed by atoms with Crippen molar-refractivity contribution < 1.29 is 9.52 Å². The number of furan rings is 1. The lowest BCUT2D eigenvalue weighted by Crippen LogP contribution is -2.39. The monoisotopic (exact) mass is 331 g/mol.